The third-order valence-electron chi connectivity index (χ3n) is 7.63. The lowest BCUT2D eigenvalue weighted by atomic mass is 9.96. The van der Waals surface area contributed by atoms with Crippen LogP contribution in [0.3, 0.4) is 0 Å². The van der Waals surface area contributed by atoms with Crippen molar-refractivity contribution in [2.45, 2.75) is 70.5 Å². The summed E-state index contributed by atoms with van der Waals surface area (Å²) < 4.78 is 0. The topological polar surface area (TPSA) is 76.7 Å². The molecule has 0 radical (unpaired) electrons. The number of piperidine rings is 1. The van der Waals surface area contributed by atoms with Crippen LogP contribution in [0.15, 0.2) is 48.5 Å². The van der Waals surface area contributed by atoms with Crippen molar-refractivity contribution in [2.75, 3.05) is 29.9 Å². The number of anilines is 2. The minimum atomic E-state index is -0.427. The van der Waals surface area contributed by atoms with Crippen LogP contribution < -0.4 is 15.5 Å². The van der Waals surface area contributed by atoms with E-state index in [2.05, 4.69) is 24.8 Å². The van der Waals surface area contributed by atoms with Gasteiger partial charge < -0.3 is 15.5 Å². The Morgan fingerprint density at radius 3 is 2.35 bits per heavy atom. The molecule has 1 unspecified atom stereocenters. The number of nitrogens with one attached hydrogen (secondary N) is 1. The summed E-state index contributed by atoms with van der Waals surface area (Å²) in [6, 6.07) is 16.6. The van der Waals surface area contributed by atoms with Gasteiger partial charge in [-0.3, -0.25) is 15.1 Å². The molecule has 2 aromatic rings. The van der Waals surface area contributed by atoms with Gasteiger partial charge in [-0.25, -0.2) is 0 Å². The van der Waals surface area contributed by atoms with Crippen molar-refractivity contribution in [1.29, 1.82) is 5.41 Å². The number of rotatable bonds is 8. The molecule has 0 bridgehead atoms. The molecule has 0 aliphatic carbocycles. The maximum atomic E-state index is 13.8. The average molecular weight is 462 g/mol. The molecule has 3 N–H and O–H groups in total. The molecule has 2 aliphatic heterocycles. The molecular weight excluding hydrogens is 422 g/mol. The first-order chi connectivity index (χ1) is 16.4. The second kappa shape index (κ2) is 10.6. The van der Waals surface area contributed by atoms with Gasteiger partial charge in [-0.1, -0.05) is 43.2 Å². The second-order valence-electron chi connectivity index (χ2n) is 9.96. The smallest absolute Gasteiger partial charge is 0.254 e. The van der Waals surface area contributed by atoms with E-state index in [-0.39, 0.29) is 11.7 Å². The molecule has 6 nitrogen and oxygen atoms in total. The Labute approximate surface area is 204 Å². The molecule has 2 heterocycles. The number of benzene rings is 2. The van der Waals surface area contributed by atoms with E-state index in [1.165, 1.54) is 25.7 Å². The van der Waals surface area contributed by atoms with Crippen LogP contribution >= 0.6 is 0 Å². The number of nitrogens with two attached hydrogens (primary N) is 1. The van der Waals surface area contributed by atoms with Crippen molar-refractivity contribution in [3.63, 3.8) is 0 Å². The third-order valence-corrected chi connectivity index (χ3v) is 7.63. The van der Waals surface area contributed by atoms with E-state index in [4.69, 9.17) is 11.1 Å². The minimum Gasteiger partial charge on any atom is -0.384 e. The number of likely N-dealkylation sites (N-methyl/N-ethyl adjacent to an activating group) is 1. The molecule has 1 amide bonds. The highest BCUT2D eigenvalue weighted by atomic mass is 16.2. The molecule has 0 spiro atoms. The molecule has 4 rings (SSSR count). The number of nitrogen functional groups attached to an aromatic ring is 1. The predicted octanol–water partition coefficient (Wildman–Crippen LogP) is 4.93. The van der Waals surface area contributed by atoms with E-state index in [1.807, 2.05) is 59.3 Å². The van der Waals surface area contributed by atoms with E-state index in [9.17, 15) is 4.79 Å². The van der Waals surface area contributed by atoms with Gasteiger partial charge in [-0.15, -0.1) is 0 Å². The Balaban J connectivity index is 1.46. The molecule has 2 aliphatic rings. The highest BCUT2D eigenvalue weighted by Crippen LogP contribution is 2.40. The molecule has 2 aromatic carbocycles. The Hall–Kier alpha value is -2.86. The lowest BCUT2D eigenvalue weighted by Gasteiger charge is -2.41. The summed E-state index contributed by atoms with van der Waals surface area (Å²) >= 11 is 0. The van der Waals surface area contributed by atoms with Crippen LogP contribution in [0.5, 0.6) is 0 Å². The number of carbonyl (C=O) groups is 1. The fourth-order valence-corrected chi connectivity index (χ4v) is 5.69. The molecule has 0 aromatic heterocycles. The SMILES string of the molecule is C[C@@H]1CCC[C@H](C)N1CCCCCN1C(=O)C(c2cccc(C(=N)N)c2)N(C)c2ccccc21. The number of hydrogen-bond donors (Lipinski definition) is 2. The number of hydrogen-bond acceptors (Lipinski definition) is 4. The number of para-hydroxylation sites is 2. The number of amidine groups is 1. The van der Waals surface area contributed by atoms with Crippen LogP contribution in [0.4, 0.5) is 11.4 Å². The lowest BCUT2D eigenvalue weighted by molar-refractivity contribution is -0.120. The Morgan fingerprint density at radius 1 is 0.971 bits per heavy atom. The van der Waals surface area contributed by atoms with Crippen LogP contribution in [0, 0.1) is 5.41 Å². The fraction of sp³-hybridized carbons (Fsp3) is 0.500. The van der Waals surface area contributed by atoms with E-state index in [0.717, 1.165) is 42.9 Å². The number of fused-ring (bicyclic) bond motifs is 1. The normalized spacial score (nSPS) is 23.1. The quantitative estimate of drug-likeness (QED) is 0.332. The van der Waals surface area contributed by atoms with E-state index in [0.29, 0.717) is 17.6 Å². The summed E-state index contributed by atoms with van der Waals surface area (Å²) in [6.07, 6.45) is 7.23. The van der Waals surface area contributed by atoms with Crippen LogP contribution in [0.1, 0.15) is 69.5 Å². The Bertz CT molecular complexity index is 1010. The van der Waals surface area contributed by atoms with E-state index >= 15 is 0 Å². The van der Waals surface area contributed by atoms with Gasteiger partial charge in [0.15, 0.2) is 0 Å². The molecular formula is C28H39N5O. The van der Waals surface area contributed by atoms with Crippen LogP contribution in [-0.2, 0) is 4.79 Å². The maximum absolute atomic E-state index is 13.8. The standard InChI is InChI=1S/C28H39N5O/c1-20-11-9-12-21(2)32(20)17-7-4-8-18-33-25-16-6-5-15-24(25)31(3)26(28(33)34)22-13-10-14-23(19-22)27(29)30/h5-6,10,13-16,19-21,26H,4,7-9,11-12,17-18H2,1-3H3,(H3,29,30)/t20-,21+,26?. The Kier molecular flexibility index (Phi) is 7.57. The van der Waals surface area contributed by atoms with Crippen molar-refractivity contribution in [3.05, 3.63) is 59.7 Å². The number of amides is 1. The van der Waals surface area contributed by atoms with Gasteiger partial charge >= 0.3 is 0 Å². The van der Waals surface area contributed by atoms with Crippen molar-refractivity contribution in [3.8, 4) is 0 Å². The summed E-state index contributed by atoms with van der Waals surface area (Å²) in [6.45, 7) is 6.58. The number of likely N-dealkylation sites (tertiary alicyclic amines) is 1. The van der Waals surface area contributed by atoms with Crippen LogP contribution in [0.25, 0.3) is 0 Å². The van der Waals surface area contributed by atoms with Gasteiger partial charge in [0.05, 0.1) is 11.4 Å². The lowest BCUT2D eigenvalue weighted by Crippen LogP contribution is -2.47. The zero-order chi connectivity index (χ0) is 24.2. The summed E-state index contributed by atoms with van der Waals surface area (Å²) in [5, 5.41) is 7.80. The van der Waals surface area contributed by atoms with Crippen molar-refractivity contribution in [1.82, 2.24) is 4.90 Å². The largest absolute Gasteiger partial charge is 0.384 e. The van der Waals surface area contributed by atoms with Gasteiger partial charge in [-0.2, -0.15) is 0 Å². The first kappa shape index (κ1) is 24.3. The highest BCUT2D eigenvalue weighted by molar-refractivity contribution is 6.06. The average Bonchev–Trinajstić information content (AvgIpc) is 2.82. The summed E-state index contributed by atoms with van der Waals surface area (Å²) in [7, 11) is 1.97. The first-order valence-corrected chi connectivity index (χ1v) is 12.7. The summed E-state index contributed by atoms with van der Waals surface area (Å²) in [4.78, 5) is 20.4. The van der Waals surface area contributed by atoms with E-state index < -0.39 is 6.04 Å². The molecule has 182 valence electrons. The monoisotopic (exact) mass is 461 g/mol. The van der Waals surface area contributed by atoms with Gasteiger partial charge in [0.2, 0.25) is 0 Å². The molecule has 6 heteroatoms. The minimum absolute atomic E-state index is 0.0161. The third kappa shape index (κ3) is 4.97. The van der Waals surface area contributed by atoms with Crippen molar-refractivity contribution in [2.24, 2.45) is 5.73 Å². The van der Waals surface area contributed by atoms with Crippen molar-refractivity contribution < 1.29 is 4.79 Å². The van der Waals surface area contributed by atoms with Gasteiger partial charge in [0.25, 0.3) is 5.91 Å². The molecule has 0 saturated carbocycles. The highest BCUT2D eigenvalue weighted by Gasteiger charge is 2.37. The second-order valence-corrected chi connectivity index (χ2v) is 9.96. The number of nitrogens with zero attached hydrogens (tertiary/aromatic N) is 3. The van der Waals surface area contributed by atoms with Gasteiger partial charge in [0.1, 0.15) is 11.9 Å². The first-order valence-electron chi connectivity index (χ1n) is 12.7. The maximum Gasteiger partial charge on any atom is 0.254 e. The molecule has 1 fully saturated rings. The number of carbonyl (C=O) groups excluding carboxylic acids is 1. The van der Waals surface area contributed by atoms with E-state index in [1.54, 1.807) is 0 Å². The Morgan fingerprint density at radius 2 is 1.65 bits per heavy atom. The van der Waals surface area contributed by atoms with Crippen LogP contribution in [0.2, 0.25) is 0 Å². The van der Waals surface area contributed by atoms with Gasteiger partial charge in [0, 0.05) is 31.2 Å². The summed E-state index contributed by atoms with van der Waals surface area (Å²) in [5.41, 5.74) is 9.26. The zero-order valence-corrected chi connectivity index (χ0v) is 20.8. The zero-order valence-electron chi connectivity index (χ0n) is 20.8. The predicted molar refractivity (Wildman–Crippen MR) is 141 cm³/mol. The molecule has 34 heavy (non-hydrogen) atoms. The molecule has 3 atom stereocenters. The molecule has 1 saturated heterocycles. The van der Waals surface area contributed by atoms with Crippen LogP contribution in [-0.4, -0.2) is 48.9 Å². The fourth-order valence-electron chi connectivity index (χ4n) is 5.69. The van der Waals surface area contributed by atoms with Crippen molar-refractivity contribution >= 4 is 23.1 Å². The number of unbranched alkanes of at least 4 members (excludes halogenated alkanes) is 2. The van der Waals surface area contributed by atoms with Gasteiger partial charge in [-0.05, 0) is 69.8 Å². The summed E-state index contributed by atoms with van der Waals surface area (Å²) in [5.74, 6) is 0.0996.